The van der Waals surface area contributed by atoms with E-state index >= 15 is 0 Å². The molecule has 0 spiro atoms. The first-order valence-electron chi connectivity index (χ1n) is 8.28. The SMILES string of the molecule is C[C@@H](NC(=O)COC(=O)c1ccccc1C(F)(F)F)c1ccc2c(c1)OCO2. The van der Waals surface area contributed by atoms with Crippen LogP contribution >= 0.6 is 0 Å². The van der Waals surface area contributed by atoms with E-state index in [0.717, 1.165) is 17.7 Å². The monoisotopic (exact) mass is 395 g/mol. The summed E-state index contributed by atoms with van der Waals surface area (Å²) >= 11 is 0. The first-order chi connectivity index (χ1) is 13.3. The van der Waals surface area contributed by atoms with Gasteiger partial charge in [-0.15, -0.1) is 0 Å². The number of rotatable bonds is 5. The van der Waals surface area contributed by atoms with Gasteiger partial charge in [0.1, 0.15) is 0 Å². The number of hydrogen-bond donors (Lipinski definition) is 1. The Balaban J connectivity index is 1.58. The highest BCUT2D eigenvalue weighted by Gasteiger charge is 2.35. The van der Waals surface area contributed by atoms with E-state index in [0.29, 0.717) is 11.5 Å². The lowest BCUT2D eigenvalue weighted by atomic mass is 10.1. The van der Waals surface area contributed by atoms with Crippen LogP contribution in [0, 0.1) is 0 Å². The summed E-state index contributed by atoms with van der Waals surface area (Å²) in [5, 5.41) is 2.60. The molecule has 9 heteroatoms. The second-order valence-corrected chi connectivity index (χ2v) is 6.02. The van der Waals surface area contributed by atoms with E-state index in [1.165, 1.54) is 12.1 Å². The average molecular weight is 395 g/mol. The van der Waals surface area contributed by atoms with E-state index < -0.39 is 41.8 Å². The highest BCUT2D eigenvalue weighted by atomic mass is 19.4. The number of halogens is 3. The number of benzene rings is 2. The van der Waals surface area contributed by atoms with Crippen LogP contribution in [0.2, 0.25) is 0 Å². The zero-order valence-corrected chi connectivity index (χ0v) is 14.7. The smallest absolute Gasteiger partial charge is 0.417 e. The molecule has 0 saturated heterocycles. The van der Waals surface area contributed by atoms with Gasteiger partial charge in [0.05, 0.1) is 17.2 Å². The minimum absolute atomic E-state index is 0.120. The molecular formula is C19H16F3NO5. The fourth-order valence-electron chi connectivity index (χ4n) is 2.67. The second-order valence-electron chi connectivity index (χ2n) is 6.02. The summed E-state index contributed by atoms with van der Waals surface area (Å²) in [6, 6.07) is 8.93. The van der Waals surface area contributed by atoms with E-state index in [2.05, 4.69) is 5.32 Å². The van der Waals surface area contributed by atoms with Crippen LogP contribution in [0.3, 0.4) is 0 Å². The lowest BCUT2D eigenvalue weighted by molar-refractivity contribution is -0.138. The van der Waals surface area contributed by atoms with Crippen molar-refractivity contribution in [2.24, 2.45) is 0 Å². The molecule has 0 aliphatic carbocycles. The van der Waals surface area contributed by atoms with Gasteiger partial charge in [-0.25, -0.2) is 4.79 Å². The maximum absolute atomic E-state index is 13.0. The lowest BCUT2D eigenvalue weighted by Gasteiger charge is -2.15. The molecule has 2 aromatic rings. The number of alkyl halides is 3. The number of fused-ring (bicyclic) bond motifs is 1. The quantitative estimate of drug-likeness (QED) is 0.785. The van der Waals surface area contributed by atoms with E-state index in [1.54, 1.807) is 25.1 Å². The number of carbonyl (C=O) groups excluding carboxylic acids is 2. The predicted octanol–water partition coefficient (Wildman–Crippen LogP) is 3.47. The van der Waals surface area contributed by atoms with Crippen molar-refractivity contribution >= 4 is 11.9 Å². The molecule has 28 heavy (non-hydrogen) atoms. The summed E-state index contributed by atoms with van der Waals surface area (Å²) in [5.41, 5.74) is -1.04. The largest absolute Gasteiger partial charge is 0.454 e. The fourth-order valence-corrected chi connectivity index (χ4v) is 2.67. The van der Waals surface area contributed by atoms with Gasteiger partial charge in [0, 0.05) is 0 Å². The Morgan fingerprint density at radius 2 is 1.86 bits per heavy atom. The number of amides is 1. The molecule has 0 fully saturated rings. The summed E-state index contributed by atoms with van der Waals surface area (Å²) in [6.45, 7) is 1.12. The molecule has 0 unspecified atom stereocenters. The summed E-state index contributed by atoms with van der Waals surface area (Å²) < 4.78 is 54.1. The Bertz CT molecular complexity index is 897. The molecule has 1 amide bonds. The Morgan fingerprint density at radius 3 is 2.61 bits per heavy atom. The lowest BCUT2D eigenvalue weighted by Crippen LogP contribution is -2.31. The van der Waals surface area contributed by atoms with Gasteiger partial charge in [-0.3, -0.25) is 4.79 Å². The van der Waals surface area contributed by atoms with Crippen molar-refractivity contribution in [3.8, 4) is 11.5 Å². The first-order valence-corrected chi connectivity index (χ1v) is 8.28. The predicted molar refractivity (Wildman–Crippen MR) is 90.8 cm³/mol. The third kappa shape index (κ3) is 4.36. The molecule has 0 saturated carbocycles. The van der Waals surface area contributed by atoms with Crippen molar-refractivity contribution < 1.29 is 37.0 Å². The van der Waals surface area contributed by atoms with Crippen molar-refractivity contribution in [3.63, 3.8) is 0 Å². The van der Waals surface area contributed by atoms with Crippen LogP contribution in [0.1, 0.15) is 34.5 Å². The molecule has 0 bridgehead atoms. The molecule has 0 radical (unpaired) electrons. The zero-order valence-electron chi connectivity index (χ0n) is 14.7. The Kier molecular flexibility index (Phi) is 5.43. The van der Waals surface area contributed by atoms with Gasteiger partial charge in [-0.2, -0.15) is 13.2 Å². The molecular weight excluding hydrogens is 379 g/mol. The fraction of sp³-hybridized carbons (Fsp3) is 0.263. The average Bonchev–Trinajstić information content (AvgIpc) is 3.13. The Morgan fingerprint density at radius 1 is 1.14 bits per heavy atom. The van der Waals surface area contributed by atoms with Crippen LogP contribution in [-0.2, 0) is 15.7 Å². The second kappa shape index (κ2) is 7.79. The summed E-state index contributed by atoms with van der Waals surface area (Å²) in [6.07, 6.45) is -4.70. The van der Waals surface area contributed by atoms with Crippen LogP contribution in [0.25, 0.3) is 0 Å². The number of nitrogens with one attached hydrogen (secondary N) is 1. The van der Waals surface area contributed by atoms with Crippen LogP contribution < -0.4 is 14.8 Å². The standard InChI is InChI=1S/C19H16F3NO5/c1-11(12-6-7-15-16(8-12)28-10-27-15)23-17(24)9-26-18(25)13-4-2-3-5-14(13)19(20,21)22/h2-8,11H,9-10H2,1H3,(H,23,24)/t11-/m1/s1. The molecule has 2 aromatic carbocycles. The zero-order chi connectivity index (χ0) is 20.3. The summed E-state index contributed by atoms with van der Waals surface area (Å²) in [7, 11) is 0. The van der Waals surface area contributed by atoms with Crippen molar-refractivity contribution in [2.45, 2.75) is 19.1 Å². The molecule has 1 N–H and O–H groups in total. The normalized spacial score (nSPS) is 13.7. The summed E-state index contributed by atoms with van der Waals surface area (Å²) in [5.74, 6) is -0.727. The molecule has 1 aliphatic heterocycles. The number of ether oxygens (including phenoxy) is 3. The highest BCUT2D eigenvalue weighted by Crippen LogP contribution is 2.34. The van der Waals surface area contributed by atoms with Crippen molar-refractivity contribution in [3.05, 3.63) is 59.2 Å². The Hall–Kier alpha value is -3.23. The van der Waals surface area contributed by atoms with Gasteiger partial charge in [0.15, 0.2) is 18.1 Å². The number of carbonyl (C=O) groups is 2. The van der Waals surface area contributed by atoms with Gasteiger partial charge in [0.25, 0.3) is 5.91 Å². The highest BCUT2D eigenvalue weighted by molar-refractivity contribution is 5.93. The first kappa shape index (κ1) is 19.5. The molecule has 3 rings (SSSR count). The van der Waals surface area contributed by atoms with E-state index in [9.17, 15) is 22.8 Å². The Labute approximate surface area is 158 Å². The number of hydrogen-bond acceptors (Lipinski definition) is 5. The molecule has 1 heterocycles. The van der Waals surface area contributed by atoms with Crippen LogP contribution in [0.4, 0.5) is 13.2 Å². The number of esters is 1. The van der Waals surface area contributed by atoms with Crippen molar-refractivity contribution in [1.29, 1.82) is 0 Å². The van der Waals surface area contributed by atoms with Gasteiger partial charge in [-0.05, 0) is 36.8 Å². The van der Waals surface area contributed by atoms with E-state index in [4.69, 9.17) is 14.2 Å². The van der Waals surface area contributed by atoms with Crippen LogP contribution in [0.15, 0.2) is 42.5 Å². The molecule has 1 aliphatic rings. The molecule has 0 aromatic heterocycles. The van der Waals surface area contributed by atoms with Crippen molar-refractivity contribution in [2.75, 3.05) is 13.4 Å². The van der Waals surface area contributed by atoms with Gasteiger partial charge >= 0.3 is 12.1 Å². The maximum atomic E-state index is 13.0. The maximum Gasteiger partial charge on any atom is 0.417 e. The van der Waals surface area contributed by atoms with Crippen LogP contribution in [-0.4, -0.2) is 25.3 Å². The minimum atomic E-state index is -4.70. The third-order valence-corrected chi connectivity index (χ3v) is 4.06. The van der Waals surface area contributed by atoms with Gasteiger partial charge in [0.2, 0.25) is 6.79 Å². The third-order valence-electron chi connectivity index (χ3n) is 4.06. The minimum Gasteiger partial charge on any atom is -0.454 e. The molecule has 6 nitrogen and oxygen atoms in total. The topological polar surface area (TPSA) is 73.9 Å². The van der Waals surface area contributed by atoms with Crippen LogP contribution in [0.5, 0.6) is 11.5 Å². The van der Waals surface area contributed by atoms with Gasteiger partial charge in [-0.1, -0.05) is 18.2 Å². The van der Waals surface area contributed by atoms with E-state index in [-0.39, 0.29) is 6.79 Å². The molecule has 148 valence electrons. The van der Waals surface area contributed by atoms with Crippen molar-refractivity contribution in [1.82, 2.24) is 5.32 Å². The summed E-state index contributed by atoms with van der Waals surface area (Å²) in [4.78, 5) is 24.0. The molecule has 1 atom stereocenters. The van der Waals surface area contributed by atoms with E-state index in [1.807, 2.05) is 0 Å². The van der Waals surface area contributed by atoms with Gasteiger partial charge < -0.3 is 19.5 Å².